The van der Waals surface area contributed by atoms with Gasteiger partial charge in [-0.3, -0.25) is 0 Å². The van der Waals surface area contributed by atoms with Crippen LogP contribution in [0.5, 0.6) is 0 Å². The van der Waals surface area contributed by atoms with Gasteiger partial charge < -0.3 is 4.57 Å². The normalized spacial score (nSPS) is 22.8. The fraction of sp³-hybridized carbons (Fsp3) is 0.562. The molecule has 1 fully saturated rings. The summed E-state index contributed by atoms with van der Waals surface area (Å²) in [6.45, 7) is 3.26. The highest BCUT2D eigenvalue weighted by atomic mass is 35.5. The Morgan fingerprint density at radius 2 is 2.25 bits per heavy atom. The summed E-state index contributed by atoms with van der Waals surface area (Å²) in [7, 11) is 0. The van der Waals surface area contributed by atoms with Crippen LogP contribution in [-0.4, -0.2) is 15.4 Å². The molecular formula is C16H20ClFN2. The van der Waals surface area contributed by atoms with Crippen molar-refractivity contribution in [2.45, 2.75) is 39.2 Å². The van der Waals surface area contributed by atoms with Crippen molar-refractivity contribution in [3.8, 4) is 0 Å². The van der Waals surface area contributed by atoms with Gasteiger partial charge in [-0.15, -0.1) is 11.6 Å². The quantitative estimate of drug-likeness (QED) is 0.765. The molecule has 0 N–H and O–H groups in total. The molecule has 0 saturated heterocycles. The molecule has 2 unspecified atom stereocenters. The SMILES string of the molecule is CC1CCCC1Cn1c(CCCl)nc2ccc(F)cc21. The first kappa shape index (κ1) is 13.9. The summed E-state index contributed by atoms with van der Waals surface area (Å²) in [5, 5.41) is 0. The van der Waals surface area contributed by atoms with Gasteiger partial charge in [-0.2, -0.15) is 0 Å². The van der Waals surface area contributed by atoms with E-state index in [1.165, 1.54) is 25.3 Å². The van der Waals surface area contributed by atoms with Crippen molar-refractivity contribution in [2.75, 3.05) is 5.88 Å². The molecular weight excluding hydrogens is 275 g/mol. The second-order valence-corrected chi connectivity index (χ2v) is 6.26. The summed E-state index contributed by atoms with van der Waals surface area (Å²) < 4.78 is 15.7. The van der Waals surface area contributed by atoms with Crippen molar-refractivity contribution in [3.05, 3.63) is 29.8 Å². The van der Waals surface area contributed by atoms with E-state index < -0.39 is 0 Å². The lowest BCUT2D eigenvalue weighted by Crippen LogP contribution is -2.15. The maximum atomic E-state index is 13.5. The number of rotatable bonds is 4. The maximum Gasteiger partial charge on any atom is 0.125 e. The molecule has 20 heavy (non-hydrogen) atoms. The first-order valence-electron chi connectivity index (χ1n) is 7.39. The molecule has 1 aliphatic rings. The largest absolute Gasteiger partial charge is 0.328 e. The number of aromatic nitrogens is 2. The molecule has 0 amide bonds. The van der Waals surface area contributed by atoms with Crippen LogP contribution in [0.2, 0.25) is 0 Å². The minimum absolute atomic E-state index is 0.199. The minimum atomic E-state index is -0.199. The van der Waals surface area contributed by atoms with Crippen LogP contribution < -0.4 is 0 Å². The molecule has 2 atom stereocenters. The van der Waals surface area contributed by atoms with Gasteiger partial charge in [0.15, 0.2) is 0 Å². The summed E-state index contributed by atoms with van der Waals surface area (Å²) in [5.41, 5.74) is 1.78. The van der Waals surface area contributed by atoms with Gasteiger partial charge in [0, 0.05) is 18.8 Å². The van der Waals surface area contributed by atoms with Gasteiger partial charge in [0.2, 0.25) is 0 Å². The second kappa shape index (κ2) is 5.72. The smallest absolute Gasteiger partial charge is 0.125 e. The van der Waals surface area contributed by atoms with Crippen molar-refractivity contribution in [3.63, 3.8) is 0 Å². The molecule has 108 valence electrons. The van der Waals surface area contributed by atoms with Crippen LogP contribution in [-0.2, 0) is 13.0 Å². The summed E-state index contributed by atoms with van der Waals surface area (Å²) >= 11 is 5.88. The van der Waals surface area contributed by atoms with E-state index in [0.29, 0.717) is 11.8 Å². The van der Waals surface area contributed by atoms with E-state index in [1.807, 2.05) is 0 Å². The Kier molecular flexibility index (Phi) is 3.97. The average Bonchev–Trinajstić information content (AvgIpc) is 2.96. The van der Waals surface area contributed by atoms with Crippen LogP contribution in [0.15, 0.2) is 18.2 Å². The molecule has 1 heterocycles. The predicted octanol–water partition coefficient (Wildman–Crippen LogP) is 4.39. The summed E-state index contributed by atoms with van der Waals surface area (Å²) in [6, 6.07) is 4.83. The highest BCUT2D eigenvalue weighted by Crippen LogP contribution is 2.33. The third-order valence-corrected chi connectivity index (χ3v) is 4.75. The highest BCUT2D eigenvalue weighted by molar-refractivity contribution is 6.17. The van der Waals surface area contributed by atoms with Crippen LogP contribution in [0.4, 0.5) is 4.39 Å². The third kappa shape index (κ3) is 2.56. The van der Waals surface area contributed by atoms with Crippen molar-refractivity contribution >= 4 is 22.6 Å². The van der Waals surface area contributed by atoms with Crippen LogP contribution in [0, 0.1) is 17.7 Å². The van der Waals surface area contributed by atoms with E-state index in [4.69, 9.17) is 11.6 Å². The molecule has 0 radical (unpaired) electrons. The first-order valence-corrected chi connectivity index (χ1v) is 7.93. The highest BCUT2D eigenvalue weighted by Gasteiger charge is 2.25. The summed E-state index contributed by atoms with van der Waals surface area (Å²) in [5.74, 6) is 2.75. The number of imidazole rings is 1. The number of benzene rings is 1. The Morgan fingerprint density at radius 1 is 1.40 bits per heavy atom. The van der Waals surface area contributed by atoms with Crippen LogP contribution in [0.1, 0.15) is 32.0 Å². The van der Waals surface area contributed by atoms with Crippen LogP contribution >= 0.6 is 11.6 Å². The molecule has 1 aromatic heterocycles. The minimum Gasteiger partial charge on any atom is -0.328 e. The number of nitrogens with zero attached hydrogens (tertiary/aromatic N) is 2. The van der Waals surface area contributed by atoms with Gasteiger partial charge in [-0.05, 0) is 36.5 Å². The molecule has 0 spiro atoms. The summed E-state index contributed by atoms with van der Waals surface area (Å²) in [6.07, 6.45) is 4.60. The van der Waals surface area contributed by atoms with Gasteiger partial charge in [-0.1, -0.05) is 19.8 Å². The fourth-order valence-electron chi connectivity index (χ4n) is 3.35. The van der Waals surface area contributed by atoms with Crippen molar-refractivity contribution < 1.29 is 4.39 Å². The molecule has 1 saturated carbocycles. The Labute approximate surface area is 123 Å². The molecule has 1 aliphatic carbocycles. The van der Waals surface area contributed by atoms with E-state index in [1.54, 1.807) is 12.1 Å². The van der Waals surface area contributed by atoms with Crippen molar-refractivity contribution in [1.29, 1.82) is 0 Å². The lowest BCUT2D eigenvalue weighted by Gasteiger charge is -2.18. The van der Waals surface area contributed by atoms with E-state index in [9.17, 15) is 4.39 Å². The van der Waals surface area contributed by atoms with Gasteiger partial charge in [0.1, 0.15) is 11.6 Å². The number of fused-ring (bicyclic) bond motifs is 1. The molecule has 2 aromatic rings. The third-order valence-electron chi connectivity index (χ3n) is 4.56. The molecule has 2 nitrogen and oxygen atoms in total. The molecule has 4 heteroatoms. The molecule has 1 aromatic carbocycles. The van der Waals surface area contributed by atoms with E-state index in [0.717, 1.165) is 35.7 Å². The zero-order valence-electron chi connectivity index (χ0n) is 11.8. The fourth-order valence-corrected chi connectivity index (χ4v) is 3.52. The van der Waals surface area contributed by atoms with Gasteiger partial charge >= 0.3 is 0 Å². The maximum absolute atomic E-state index is 13.5. The van der Waals surface area contributed by atoms with E-state index >= 15 is 0 Å². The zero-order chi connectivity index (χ0) is 14.1. The molecule has 0 aliphatic heterocycles. The average molecular weight is 295 g/mol. The Bertz CT molecular complexity index is 608. The van der Waals surface area contributed by atoms with Crippen molar-refractivity contribution in [1.82, 2.24) is 9.55 Å². The number of hydrogen-bond donors (Lipinski definition) is 0. The molecule has 0 bridgehead atoms. The van der Waals surface area contributed by atoms with Gasteiger partial charge in [0.25, 0.3) is 0 Å². The number of alkyl halides is 1. The Morgan fingerprint density at radius 3 is 2.95 bits per heavy atom. The zero-order valence-corrected chi connectivity index (χ0v) is 12.5. The van der Waals surface area contributed by atoms with Crippen LogP contribution in [0.25, 0.3) is 11.0 Å². The monoisotopic (exact) mass is 294 g/mol. The Hall–Kier alpha value is -1.09. The Balaban J connectivity index is 2.01. The standard InChI is InChI=1S/C16H20ClFN2/c1-11-3-2-4-12(11)10-20-15-9-13(18)5-6-14(15)19-16(20)7-8-17/h5-6,9,11-12H,2-4,7-8,10H2,1H3. The lowest BCUT2D eigenvalue weighted by atomic mass is 9.98. The van der Waals surface area contributed by atoms with E-state index in [2.05, 4.69) is 16.5 Å². The predicted molar refractivity (Wildman–Crippen MR) is 80.6 cm³/mol. The number of halogens is 2. The molecule has 3 rings (SSSR count). The topological polar surface area (TPSA) is 17.8 Å². The van der Waals surface area contributed by atoms with Crippen molar-refractivity contribution in [2.24, 2.45) is 11.8 Å². The van der Waals surface area contributed by atoms with Gasteiger partial charge in [-0.25, -0.2) is 9.37 Å². The van der Waals surface area contributed by atoms with E-state index in [-0.39, 0.29) is 5.82 Å². The number of aryl methyl sites for hydroxylation is 1. The summed E-state index contributed by atoms with van der Waals surface area (Å²) in [4.78, 5) is 4.62. The lowest BCUT2D eigenvalue weighted by molar-refractivity contribution is 0.363. The second-order valence-electron chi connectivity index (χ2n) is 5.88. The van der Waals surface area contributed by atoms with Crippen LogP contribution in [0.3, 0.4) is 0 Å². The van der Waals surface area contributed by atoms with Gasteiger partial charge in [0.05, 0.1) is 11.0 Å². The first-order chi connectivity index (χ1) is 9.69. The number of hydrogen-bond acceptors (Lipinski definition) is 1.